The van der Waals surface area contributed by atoms with Crippen molar-refractivity contribution in [1.82, 2.24) is 25.8 Å². The number of pyridine rings is 1. The van der Waals surface area contributed by atoms with E-state index in [0.717, 1.165) is 4.90 Å². The molecule has 4 amide bonds. The van der Waals surface area contributed by atoms with E-state index in [4.69, 9.17) is 4.55 Å². The molecule has 0 aliphatic carbocycles. The Morgan fingerprint density at radius 3 is 2.64 bits per heavy atom. The van der Waals surface area contributed by atoms with Crippen LogP contribution in [0.2, 0.25) is 0 Å². The van der Waals surface area contributed by atoms with Gasteiger partial charge in [-0.2, -0.15) is 13.5 Å². The smallest absolute Gasteiger partial charge is 0.309 e. The van der Waals surface area contributed by atoms with Gasteiger partial charge in [-0.25, -0.2) is 4.79 Å². The second kappa shape index (κ2) is 7.00. The van der Waals surface area contributed by atoms with E-state index >= 15 is 0 Å². The summed E-state index contributed by atoms with van der Waals surface area (Å²) in [5, 5.41) is 0.565. The third-order valence-corrected chi connectivity index (χ3v) is 5.11. The number of hydroxylamine groups is 2. The van der Waals surface area contributed by atoms with Crippen molar-refractivity contribution in [3.05, 3.63) is 30.1 Å². The van der Waals surface area contributed by atoms with Gasteiger partial charge in [0, 0.05) is 12.7 Å². The van der Waals surface area contributed by atoms with Crippen LogP contribution in [0.1, 0.15) is 30.8 Å². The lowest BCUT2D eigenvalue weighted by Crippen LogP contribution is -2.57. The first kappa shape index (κ1) is 20.0. The molecule has 1 aromatic rings. The number of fused-ring (bicyclic) bond motifs is 2. The van der Waals surface area contributed by atoms with E-state index in [0.29, 0.717) is 5.06 Å². The number of urea groups is 1. The van der Waals surface area contributed by atoms with Crippen molar-refractivity contribution in [2.24, 2.45) is 5.41 Å². The molecule has 0 aromatic carbocycles. The summed E-state index contributed by atoms with van der Waals surface area (Å²) in [5.41, 5.74) is 3.87. The molecule has 2 bridgehead atoms. The minimum absolute atomic E-state index is 0.0215. The van der Waals surface area contributed by atoms with Gasteiger partial charge in [0.2, 0.25) is 0 Å². The van der Waals surface area contributed by atoms with Crippen molar-refractivity contribution in [2.75, 3.05) is 6.54 Å². The van der Waals surface area contributed by atoms with Gasteiger partial charge >= 0.3 is 16.4 Å². The molecule has 0 unspecified atom stereocenters. The number of nitrogens with zero attached hydrogens (tertiary/aromatic N) is 3. The molecule has 3 N–H and O–H groups in total. The summed E-state index contributed by atoms with van der Waals surface area (Å²) in [4.78, 5) is 42.1. The highest BCUT2D eigenvalue weighted by atomic mass is 32.3. The summed E-state index contributed by atoms with van der Waals surface area (Å²) in [6.07, 6.45) is 1.60. The first-order chi connectivity index (χ1) is 13.0. The molecule has 12 nitrogen and oxygen atoms in total. The van der Waals surface area contributed by atoms with Gasteiger partial charge in [-0.3, -0.25) is 30.0 Å². The monoisotopic (exact) mass is 413 g/mol. The van der Waals surface area contributed by atoms with Crippen LogP contribution in [0.15, 0.2) is 24.4 Å². The van der Waals surface area contributed by atoms with Crippen LogP contribution in [-0.4, -0.2) is 64.4 Å². The van der Waals surface area contributed by atoms with Gasteiger partial charge in [-0.05, 0) is 24.0 Å². The second-order valence-electron chi connectivity index (χ2n) is 7.15. The van der Waals surface area contributed by atoms with Crippen LogP contribution in [0.4, 0.5) is 4.79 Å². The molecule has 2 aliphatic heterocycles. The van der Waals surface area contributed by atoms with Crippen molar-refractivity contribution in [3.63, 3.8) is 0 Å². The fraction of sp³-hybridized carbons (Fsp3) is 0.467. The van der Waals surface area contributed by atoms with E-state index in [9.17, 15) is 22.8 Å². The molecular formula is C15H19N5O7S. The predicted octanol–water partition coefficient (Wildman–Crippen LogP) is -0.518. The molecule has 0 saturated carbocycles. The van der Waals surface area contributed by atoms with Gasteiger partial charge in [-0.1, -0.05) is 19.9 Å². The van der Waals surface area contributed by atoms with Crippen molar-refractivity contribution in [3.8, 4) is 0 Å². The third kappa shape index (κ3) is 3.90. The molecule has 3 heterocycles. The minimum Gasteiger partial charge on any atom is -0.309 e. The first-order valence-electron chi connectivity index (χ1n) is 8.28. The maximum Gasteiger partial charge on any atom is 0.418 e. The molecule has 2 aliphatic rings. The van der Waals surface area contributed by atoms with Gasteiger partial charge in [0.25, 0.3) is 11.8 Å². The van der Waals surface area contributed by atoms with Gasteiger partial charge in [0.05, 0.1) is 6.04 Å². The van der Waals surface area contributed by atoms with Crippen LogP contribution in [0.25, 0.3) is 0 Å². The topological polar surface area (TPSA) is 158 Å². The number of piperidine rings is 1. The zero-order chi connectivity index (χ0) is 20.7. The van der Waals surface area contributed by atoms with E-state index in [-0.39, 0.29) is 18.7 Å². The Balaban J connectivity index is 1.72. The molecule has 1 aromatic heterocycles. The summed E-state index contributed by atoms with van der Waals surface area (Å²) in [7, 11) is -4.91. The van der Waals surface area contributed by atoms with Crippen LogP contribution in [0.3, 0.4) is 0 Å². The average molecular weight is 413 g/mol. The molecule has 13 heteroatoms. The average Bonchev–Trinajstić information content (AvgIpc) is 2.90. The molecule has 2 fully saturated rings. The Kier molecular flexibility index (Phi) is 4.99. The normalized spacial score (nSPS) is 23.5. The molecule has 3 rings (SSSR count). The molecule has 2 saturated heterocycles. The Morgan fingerprint density at radius 2 is 2.04 bits per heavy atom. The molecular weight excluding hydrogens is 394 g/mol. The SMILES string of the molecule is CC1(C)C[C@@H](C(=O)NNC(=O)c2ccccn2)N2C[C@@H]1N(OS(=O)(=O)O)C2=O. The van der Waals surface area contributed by atoms with E-state index in [1.807, 2.05) is 0 Å². The van der Waals surface area contributed by atoms with Crippen LogP contribution in [0, 0.1) is 5.41 Å². The second-order valence-corrected chi connectivity index (χ2v) is 8.15. The third-order valence-electron chi connectivity index (χ3n) is 4.76. The van der Waals surface area contributed by atoms with Crippen molar-refractivity contribution in [1.29, 1.82) is 0 Å². The predicted molar refractivity (Wildman–Crippen MR) is 92.4 cm³/mol. The maximum absolute atomic E-state index is 12.6. The minimum atomic E-state index is -4.91. The number of carbonyl (C=O) groups is 3. The van der Waals surface area contributed by atoms with Crippen molar-refractivity contribution in [2.45, 2.75) is 32.4 Å². The molecule has 152 valence electrons. The number of hydrogen-bond donors (Lipinski definition) is 3. The standard InChI is InChI=1S/C15H19N5O7S/c1-15(2)7-10(13(22)18-17-12(21)9-5-3-4-6-16-9)19-8-11(15)20(14(19)23)27-28(24,25)26/h3-6,10-11H,7-8H2,1-2H3,(H,17,21)(H,18,22)(H,24,25,26)/t10-,11-/m0/s1. The fourth-order valence-corrected chi connectivity index (χ4v) is 3.72. The summed E-state index contributed by atoms with van der Waals surface area (Å²) in [6.45, 7) is 3.50. The van der Waals surface area contributed by atoms with Gasteiger partial charge in [0.15, 0.2) is 0 Å². The summed E-state index contributed by atoms with van der Waals surface area (Å²) < 4.78 is 35.4. The van der Waals surface area contributed by atoms with Crippen LogP contribution in [-0.2, 0) is 19.5 Å². The number of carbonyl (C=O) groups excluding carboxylic acids is 3. The highest BCUT2D eigenvalue weighted by Gasteiger charge is 2.56. The Labute approximate surface area is 160 Å². The summed E-state index contributed by atoms with van der Waals surface area (Å²) in [6, 6.07) is 2.18. The molecule has 2 atom stereocenters. The zero-order valence-corrected chi connectivity index (χ0v) is 15.8. The van der Waals surface area contributed by atoms with Crippen LogP contribution < -0.4 is 10.9 Å². The lowest BCUT2D eigenvalue weighted by atomic mass is 9.76. The van der Waals surface area contributed by atoms with E-state index in [1.54, 1.807) is 26.0 Å². The number of aromatic nitrogens is 1. The molecule has 0 radical (unpaired) electrons. The van der Waals surface area contributed by atoms with E-state index in [1.165, 1.54) is 12.3 Å². The highest BCUT2D eigenvalue weighted by Crippen LogP contribution is 2.42. The number of rotatable bonds is 4. The first-order valence-corrected chi connectivity index (χ1v) is 9.64. The quantitative estimate of drug-likeness (QED) is 0.439. The van der Waals surface area contributed by atoms with Gasteiger partial charge in [-0.15, -0.1) is 4.28 Å². The van der Waals surface area contributed by atoms with Crippen LogP contribution >= 0.6 is 0 Å². The lowest BCUT2D eigenvalue weighted by molar-refractivity contribution is -0.129. The van der Waals surface area contributed by atoms with E-state index < -0.39 is 45.7 Å². The fourth-order valence-electron chi connectivity index (χ4n) is 3.35. The Bertz CT molecular complexity index is 905. The zero-order valence-electron chi connectivity index (χ0n) is 15.0. The van der Waals surface area contributed by atoms with Gasteiger partial charge < -0.3 is 4.90 Å². The molecule has 28 heavy (non-hydrogen) atoms. The van der Waals surface area contributed by atoms with Crippen LogP contribution in [0.5, 0.6) is 0 Å². The number of hydrazine groups is 1. The summed E-state index contributed by atoms with van der Waals surface area (Å²) >= 11 is 0. The van der Waals surface area contributed by atoms with Gasteiger partial charge in [0.1, 0.15) is 11.7 Å². The molecule has 0 spiro atoms. The van der Waals surface area contributed by atoms with E-state index in [2.05, 4.69) is 20.1 Å². The Hall–Kier alpha value is -2.77. The summed E-state index contributed by atoms with van der Waals surface area (Å²) in [5.74, 6) is -1.29. The Morgan fingerprint density at radius 1 is 1.32 bits per heavy atom. The number of amides is 4. The lowest BCUT2D eigenvalue weighted by Gasteiger charge is -2.40. The highest BCUT2D eigenvalue weighted by molar-refractivity contribution is 7.80. The largest absolute Gasteiger partial charge is 0.418 e. The number of hydrogen-bond acceptors (Lipinski definition) is 7. The maximum atomic E-state index is 12.6. The van der Waals surface area contributed by atoms with Crippen molar-refractivity contribution >= 4 is 28.2 Å². The van der Waals surface area contributed by atoms with Crippen molar-refractivity contribution < 1.29 is 31.6 Å². The number of nitrogens with one attached hydrogen (secondary N) is 2.